The highest BCUT2D eigenvalue weighted by Crippen LogP contribution is 2.21. The van der Waals surface area contributed by atoms with E-state index in [2.05, 4.69) is 17.1 Å². The van der Waals surface area contributed by atoms with E-state index in [-0.39, 0.29) is 6.04 Å². The van der Waals surface area contributed by atoms with E-state index < -0.39 is 0 Å². The van der Waals surface area contributed by atoms with Gasteiger partial charge in [0.1, 0.15) is 0 Å². The second kappa shape index (κ2) is 4.88. The van der Waals surface area contributed by atoms with Crippen LogP contribution < -0.4 is 11.5 Å². The summed E-state index contributed by atoms with van der Waals surface area (Å²) in [6.45, 7) is 0.458. The molecule has 0 aliphatic heterocycles. The number of hydrogen-bond acceptors (Lipinski definition) is 3. The van der Waals surface area contributed by atoms with E-state index in [0.717, 1.165) is 16.7 Å². The van der Waals surface area contributed by atoms with Crippen LogP contribution in [0.2, 0.25) is 0 Å². The first-order valence-corrected chi connectivity index (χ1v) is 5.27. The zero-order valence-corrected chi connectivity index (χ0v) is 9.01. The summed E-state index contributed by atoms with van der Waals surface area (Å²) in [4.78, 5) is 4.00. The maximum atomic E-state index is 5.90. The van der Waals surface area contributed by atoms with Gasteiger partial charge in [-0.15, -0.1) is 0 Å². The molecule has 0 radical (unpaired) electrons. The Balaban J connectivity index is 2.36. The Labute approximate surface area is 95.1 Å². The summed E-state index contributed by atoms with van der Waals surface area (Å²) in [5.74, 6) is 0. The average Bonchev–Trinajstić information content (AvgIpc) is 2.39. The second-order valence-corrected chi connectivity index (χ2v) is 3.70. The summed E-state index contributed by atoms with van der Waals surface area (Å²) in [5.41, 5.74) is 14.8. The molecule has 0 bridgehead atoms. The minimum Gasteiger partial charge on any atom is -0.329 e. The summed E-state index contributed by atoms with van der Waals surface area (Å²) in [6.07, 6.45) is 3.57. The van der Waals surface area contributed by atoms with Gasteiger partial charge in [0, 0.05) is 25.0 Å². The van der Waals surface area contributed by atoms with E-state index in [0.29, 0.717) is 6.54 Å². The first kappa shape index (κ1) is 10.8. The highest BCUT2D eigenvalue weighted by atomic mass is 14.7. The van der Waals surface area contributed by atoms with Crippen LogP contribution in [0.25, 0.3) is 11.1 Å². The lowest BCUT2D eigenvalue weighted by Gasteiger charge is -2.10. The third kappa shape index (κ3) is 2.27. The van der Waals surface area contributed by atoms with Crippen molar-refractivity contribution in [1.29, 1.82) is 0 Å². The summed E-state index contributed by atoms with van der Waals surface area (Å²) >= 11 is 0. The molecule has 0 aliphatic carbocycles. The van der Waals surface area contributed by atoms with Gasteiger partial charge in [-0.05, 0) is 34.9 Å². The highest BCUT2D eigenvalue weighted by molar-refractivity contribution is 5.63. The van der Waals surface area contributed by atoms with Gasteiger partial charge in [0.15, 0.2) is 0 Å². The molecule has 1 aromatic carbocycles. The second-order valence-electron chi connectivity index (χ2n) is 3.70. The normalized spacial score (nSPS) is 12.4. The Morgan fingerprint density at radius 2 is 1.81 bits per heavy atom. The number of nitrogens with zero attached hydrogens (tertiary/aromatic N) is 1. The lowest BCUT2D eigenvalue weighted by Crippen LogP contribution is -2.20. The van der Waals surface area contributed by atoms with Gasteiger partial charge in [-0.2, -0.15) is 0 Å². The van der Waals surface area contributed by atoms with Crippen LogP contribution >= 0.6 is 0 Å². The third-order valence-corrected chi connectivity index (χ3v) is 2.58. The van der Waals surface area contributed by atoms with E-state index in [1.54, 1.807) is 12.4 Å². The molecule has 3 heteroatoms. The van der Waals surface area contributed by atoms with Gasteiger partial charge in [0.05, 0.1) is 0 Å². The fraction of sp³-hybridized carbons (Fsp3) is 0.154. The van der Waals surface area contributed by atoms with E-state index in [1.807, 2.05) is 24.3 Å². The van der Waals surface area contributed by atoms with Crippen LogP contribution in [0.15, 0.2) is 48.8 Å². The molecule has 2 rings (SSSR count). The molecule has 3 nitrogen and oxygen atoms in total. The van der Waals surface area contributed by atoms with Gasteiger partial charge in [0.25, 0.3) is 0 Å². The van der Waals surface area contributed by atoms with Crippen molar-refractivity contribution in [3.05, 3.63) is 54.4 Å². The SMILES string of the molecule is NC[C@@H](N)c1cccc(-c2ccncc2)c1. The first-order valence-electron chi connectivity index (χ1n) is 5.27. The van der Waals surface area contributed by atoms with Crippen LogP contribution in [0.5, 0.6) is 0 Å². The Morgan fingerprint density at radius 1 is 1.06 bits per heavy atom. The van der Waals surface area contributed by atoms with Crippen LogP contribution in [-0.2, 0) is 0 Å². The smallest absolute Gasteiger partial charge is 0.0419 e. The maximum Gasteiger partial charge on any atom is 0.0419 e. The van der Waals surface area contributed by atoms with Crippen LogP contribution in [-0.4, -0.2) is 11.5 Å². The molecule has 0 saturated carbocycles. The van der Waals surface area contributed by atoms with Crippen LogP contribution in [0.4, 0.5) is 0 Å². The quantitative estimate of drug-likeness (QED) is 0.815. The van der Waals surface area contributed by atoms with Gasteiger partial charge < -0.3 is 11.5 Å². The molecule has 1 aromatic heterocycles. The number of benzene rings is 1. The fourth-order valence-corrected chi connectivity index (χ4v) is 1.63. The molecule has 0 spiro atoms. The maximum absolute atomic E-state index is 5.90. The third-order valence-electron chi connectivity index (χ3n) is 2.58. The molecule has 0 fully saturated rings. The monoisotopic (exact) mass is 213 g/mol. The average molecular weight is 213 g/mol. The van der Waals surface area contributed by atoms with Crippen molar-refractivity contribution in [1.82, 2.24) is 4.98 Å². The van der Waals surface area contributed by atoms with Crippen molar-refractivity contribution in [2.45, 2.75) is 6.04 Å². The van der Waals surface area contributed by atoms with Gasteiger partial charge in [-0.1, -0.05) is 18.2 Å². The predicted octanol–water partition coefficient (Wildman–Crippen LogP) is 1.71. The summed E-state index contributed by atoms with van der Waals surface area (Å²) < 4.78 is 0. The van der Waals surface area contributed by atoms with Crippen molar-refractivity contribution >= 4 is 0 Å². The Kier molecular flexibility index (Phi) is 3.29. The van der Waals surface area contributed by atoms with E-state index in [1.165, 1.54) is 0 Å². The molecule has 4 N–H and O–H groups in total. The largest absolute Gasteiger partial charge is 0.329 e. The molecule has 16 heavy (non-hydrogen) atoms. The Morgan fingerprint density at radius 3 is 2.50 bits per heavy atom. The van der Waals surface area contributed by atoms with Gasteiger partial charge in [-0.3, -0.25) is 4.98 Å². The molecule has 2 aromatic rings. The number of pyridine rings is 1. The molecule has 0 amide bonds. The molecule has 1 heterocycles. The van der Waals surface area contributed by atoms with Crippen LogP contribution in [0, 0.1) is 0 Å². The predicted molar refractivity (Wildman–Crippen MR) is 65.7 cm³/mol. The minimum atomic E-state index is -0.0956. The number of rotatable bonds is 3. The van der Waals surface area contributed by atoms with Gasteiger partial charge in [0.2, 0.25) is 0 Å². The van der Waals surface area contributed by atoms with E-state index >= 15 is 0 Å². The Bertz CT molecular complexity index is 454. The zero-order valence-electron chi connectivity index (χ0n) is 9.01. The molecule has 0 saturated heterocycles. The molecular weight excluding hydrogens is 198 g/mol. The lowest BCUT2D eigenvalue weighted by atomic mass is 10.0. The number of aromatic nitrogens is 1. The highest BCUT2D eigenvalue weighted by Gasteiger charge is 2.04. The summed E-state index contributed by atoms with van der Waals surface area (Å²) in [7, 11) is 0. The van der Waals surface area contributed by atoms with Crippen molar-refractivity contribution < 1.29 is 0 Å². The van der Waals surface area contributed by atoms with Crippen molar-refractivity contribution in [3.63, 3.8) is 0 Å². The van der Waals surface area contributed by atoms with Crippen molar-refractivity contribution in [2.75, 3.05) is 6.54 Å². The first-order chi connectivity index (χ1) is 7.81. The molecule has 0 aliphatic rings. The lowest BCUT2D eigenvalue weighted by molar-refractivity contribution is 0.737. The number of hydrogen-bond donors (Lipinski definition) is 2. The number of nitrogens with two attached hydrogens (primary N) is 2. The zero-order chi connectivity index (χ0) is 11.4. The summed E-state index contributed by atoms with van der Waals surface area (Å²) in [6, 6.07) is 12.0. The standard InChI is InChI=1S/C13H15N3/c14-9-13(15)12-3-1-2-11(8-12)10-4-6-16-7-5-10/h1-8,13H,9,14-15H2/t13-/m1/s1. The van der Waals surface area contributed by atoms with E-state index in [4.69, 9.17) is 11.5 Å². The fourth-order valence-electron chi connectivity index (χ4n) is 1.63. The van der Waals surface area contributed by atoms with Gasteiger partial charge >= 0.3 is 0 Å². The minimum absolute atomic E-state index is 0.0956. The summed E-state index contributed by atoms with van der Waals surface area (Å²) in [5, 5.41) is 0. The van der Waals surface area contributed by atoms with Crippen molar-refractivity contribution in [3.8, 4) is 11.1 Å². The Hall–Kier alpha value is -1.71. The molecule has 1 atom stereocenters. The van der Waals surface area contributed by atoms with Gasteiger partial charge in [-0.25, -0.2) is 0 Å². The molecular formula is C13H15N3. The molecule has 82 valence electrons. The topological polar surface area (TPSA) is 64.9 Å². The molecule has 0 unspecified atom stereocenters. The van der Waals surface area contributed by atoms with Crippen LogP contribution in [0.1, 0.15) is 11.6 Å². The van der Waals surface area contributed by atoms with Crippen LogP contribution in [0.3, 0.4) is 0 Å². The van der Waals surface area contributed by atoms with Crippen molar-refractivity contribution in [2.24, 2.45) is 11.5 Å². The van der Waals surface area contributed by atoms with E-state index in [9.17, 15) is 0 Å².